The molecule has 0 aliphatic carbocycles. The highest BCUT2D eigenvalue weighted by molar-refractivity contribution is 7.09. The van der Waals surface area contributed by atoms with Crippen molar-refractivity contribution in [3.8, 4) is 5.75 Å². The van der Waals surface area contributed by atoms with Crippen molar-refractivity contribution >= 4 is 28.2 Å². The van der Waals surface area contributed by atoms with Gasteiger partial charge in [0.1, 0.15) is 11.3 Å². The Morgan fingerprint density at radius 2 is 2.23 bits per heavy atom. The first-order chi connectivity index (χ1) is 10.7. The molecule has 0 atom stereocenters. The van der Waals surface area contributed by atoms with E-state index in [2.05, 4.69) is 0 Å². The second-order valence-electron chi connectivity index (χ2n) is 4.98. The van der Waals surface area contributed by atoms with Crippen molar-refractivity contribution in [2.45, 2.75) is 13.5 Å². The number of thiophene rings is 1. The predicted molar refractivity (Wildman–Crippen MR) is 87.5 cm³/mol. The van der Waals surface area contributed by atoms with Gasteiger partial charge in [0, 0.05) is 17.5 Å². The van der Waals surface area contributed by atoms with E-state index in [-0.39, 0.29) is 5.91 Å². The summed E-state index contributed by atoms with van der Waals surface area (Å²) in [5.74, 6) is 0.634. The van der Waals surface area contributed by atoms with Crippen molar-refractivity contribution in [2.75, 3.05) is 13.7 Å². The summed E-state index contributed by atoms with van der Waals surface area (Å²) in [6.45, 7) is 3.06. The quantitative estimate of drug-likeness (QED) is 0.710. The van der Waals surface area contributed by atoms with Crippen molar-refractivity contribution in [3.63, 3.8) is 0 Å². The highest BCUT2D eigenvalue weighted by Gasteiger charge is 2.16. The van der Waals surface area contributed by atoms with Crippen LogP contribution in [0.3, 0.4) is 0 Å². The monoisotopic (exact) mass is 315 g/mol. The topological polar surface area (TPSA) is 42.7 Å². The number of rotatable bonds is 5. The van der Waals surface area contributed by atoms with Gasteiger partial charge in [-0.25, -0.2) is 0 Å². The number of fused-ring (bicyclic) bond motifs is 1. The van der Waals surface area contributed by atoms with E-state index in [9.17, 15) is 4.79 Å². The van der Waals surface area contributed by atoms with Gasteiger partial charge in [0.25, 0.3) is 5.91 Å². The van der Waals surface area contributed by atoms with Gasteiger partial charge in [-0.2, -0.15) is 0 Å². The summed E-state index contributed by atoms with van der Waals surface area (Å²) in [5, 5.41) is 2.90. The molecule has 2 heterocycles. The molecule has 0 saturated heterocycles. The van der Waals surface area contributed by atoms with E-state index in [0.29, 0.717) is 30.0 Å². The Morgan fingerprint density at radius 1 is 1.36 bits per heavy atom. The van der Waals surface area contributed by atoms with Gasteiger partial charge in [0.2, 0.25) is 0 Å². The highest BCUT2D eigenvalue weighted by Crippen LogP contribution is 2.29. The molecule has 3 aromatic rings. The SMILES string of the molecule is CCOc1cc(C(=O)N(C)Cc2cccs2)cc2occc12. The maximum Gasteiger partial charge on any atom is 0.254 e. The standard InChI is InChI=1S/C17H17NO3S/c1-3-20-15-9-12(10-16-14(15)6-7-21-16)17(19)18(2)11-13-5-4-8-22-13/h4-10H,3,11H2,1-2H3. The minimum Gasteiger partial charge on any atom is -0.493 e. The van der Waals surface area contributed by atoms with Gasteiger partial charge in [0.05, 0.1) is 24.8 Å². The molecule has 0 bridgehead atoms. The summed E-state index contributed by atoms with van der Waals surface area (Å²) in [5.41, 5.74) is 1.24. The van der Waals surface area contributed by atoms with Crippen LogP contribution >= 0.6 is 11.3 Å². The Hall–Kier alpha value is -2.27. The molecular formula is C17H17NO3S. The number of furan rings is 1. The molecule has 0 unspecified atom stereocenters. The number of amides is 1. The molecule has 1 aromatic carbocycles. The normalized spacial score (nSPS) is 10.8. The zero-order chi connectivity index (χ0) is 15.5. The molecule has 0 N–H and O–H groups in total. The second-order valence-corrected chi connectivity index (χ2v) is 6.01. The van der Waals surface area contributed by atoms with E-state index in [1.54, 1.807) is 41.7 Å². The predicted octanol–water partition coefficient (Wildman–Crippen LogP) is 4.17. The minimum atomic E-state index is -0.0485. The van der Waals surface area contributed by atoms with E-state index >= 15 is 0 Å². The van der Waals surface area contributed by atoms with Crippen molar-refractivity contribution in [1.82, 2.24) is 4.90 Å². The smallest absolute Gasteiger partial charge is 0.254 e. The Balaban J connectivity index is 1.89. The lowest BCUT2D eigenvalue weighted by molar-refractivity contribution is 0.0786. The molecule has 0 aliphatic heterocycles. The van der Waals surface area contributed by atoms with Crippen LogP contribution in [-0.2, 0) is 6.54 Å². The van der Waals surface area contributed by atoms with Gasteiger partial charge in [0.15, 0.2) is 0 Å². The van der Waals surface area contributed by atoms with Crippen LogP contribution in [0.4, 0.5) is 0 Å². The number of carbonyl (C=O) groups excluding carboxylic acids is 1. The van der Waals surface area contributed by atoms with E-state index in [1.807, 2.05) is 30.5 Å². The van der Waals surface area contributed by atoms with E-state index in [0.717, 1.165) is 10.3 Å². The summed E-state index contributed by atoms with van der Waals surface area (Å²) in [6.07, 6.45) is 1.61. The number of nitrogens with zero attached hydrogens (tertiary/aromatic N) is 1. The van der Waals surface area contributed by atoms with Gasteiger partial charge >= 0.3 is 0 Å². The Morgan fingerprint density at radius 3 is 2.95 bits per heavy atom. The van der Waals surface area contributed by atoms with Crippen LogP contribution < -0.4 is 4.74 Å². The lowest BCUT2D eigenvalue weighted by atomic mass is 10.1. The number of hydrogen-bond donors (Lipinski definition) is 0. The molecule has 114 valence electrons. The first kappa shape index (κ1) is 14.7. The Bertz CT molecular complexity index is 776. The number of hydrogen-bond acceptors (Lipinski definition) is 4. The summed E-state index contributed by atoms with van der Waals surface area (Å²) in [6, 6.07) is 9.42. The fourth-order valence-electron chi connectivity index (χ4n) is 2.37. The zero-order valence-electron chi connectivity index (χ0n) is 12.5. The molecule has 5 heteroatoms. The van der Waals surface area contributed by atoms with Crippen LogP contribution in [0.1, 0.15) is 22.2 Å². The van der Waals surface area contributed by atoms with Crippen LogP contribution in [0.15, 0.2) is 46.4 Å². The molecule has 0 fully saturated rings. The van der Waals surface area contributed by atoms with Crippen molar-refractivity contribution < 1.29 is 13.9 Å². The summed E-state index contributed by atoms with van der Waals surface area (Å²) >= 11 is 1.64. The Labute approximate surface area is 132 Å². The summed E-state index contributed by atoms with van der Waals surface area (Å²) in [7, 11) is 1.80. The average Bonchev–Trinajstić information content (AvgIpc) is 3.17. The van der Waals surface area contributed by atoms with Gasteiger partial charge in [-0.3, -0.25) is 4.79 Å². The summed E-state index contributed by atoms with van der Waals surface area (Å²) < 4.78 is 11.1. The van der Waals surface area contributed by atoms with Gasteiger partial charge in [-0.1, -0.05) is 6.07 Å². The minimum absolute atomic E-state index is 0.0485. The third kappa shape index (κ3) is 2.85. The van der Waals surface area contributed by atoms with Gasteiger partial charge in [-0.05, 0) is 36.6 Å². The van der Waals surface area contributed by atoms with Gasteiger partial charge < -0.3 is 14.1 Å². The summed E-state index contributed by atoms with van der Waals surface area (Å²) in [4.78, 5) is 15.5. The largest absolute Gasteiger partial charge is 0.493 e. The number of ether oxygens (including phenoxy) is 1. The fourth-order valence-corrected chi connectivity index (χ4v) is 3.12. The average molecular weight is 315 g/mol. The van der Waals surface area contributed by atoms with Crippen LogP contribution in [0.25, 0.3) is 11.0 Å². The third-order valence-corrected chi connectivity index (χ3v) is 4.26. The van der Waals surface area contributed by atoms with Crippen LogP contribution in [0.5, 0.6) is 5.75 Å². The first-order valence-electron chi connectivity index (χ1n) is 7.11. The third-order valence-electron chi connectivity index (χ3n) is 3.40. The molecule has 0 saturated carbocycles. The Kier molecular flexibility index (Phi) is 4.15. The van der Waals surface area contributed by atoms with E-state index < -0.39 is 0 Å². The van der Waals surface area contributed by atoms with Crippen LogP contribution in [0.2, 0.25) is 0 Å². The van der Waals surface area contributed by atoms with Crippen molar-refractivity contribution in [1.29, 1.82) is 0 Å². The number of benzene rings is 1. The fraction of sp³-hybridized carbons (Fsp3) is 0.235. The van der Waals surface area contributed by atoms with Crippen LogP contribution in [-0.4, -0.2) is 24.5 Å². The molecule has 1 amide bonds. The molecule has 3 rings (SSSR count). The molecule has 22 heavy (non-hydrogen) atoms. The van der Waals surface area contributed by atoms with Gasteiger partial charge in [-0.15, -0.1) is 11.3 Å². The van der Waals surface area contributed by atoms with Crippen molar-refractivity contribution in [3.05, 3.63) is 52.4 Å². The second kappa shape index (κ2) is 6.23. The first-order valence-corrected chi connectivity index (χ1v) is 7.99. The lowest BCUT2D eigenvalue weighted by Gasteiger charge is -2.17. The van der Waals surface area contributed by atoms with Crippen LogP contribution in [0, 0.1) is 0 Å². The molecular weight excluding hydrogens is 298 g/mol. The molecule has 0 radical (unpaired) electrons. The molecule has 2 aromatic heterocycles. The molecule has 4 nitrogen and oxygen atoms in total. The van der Waals surface area contributed by atoms with E-state index in [4.69, 9.17) is 9.15 Å². The molecule has 0 spiro atoms. The zero-order valence-corrected chi connectivity index (χ0v) is 13.4. The maximum atomic E-state index is 12.6. The lowest BCUT2D eigenvalue weighted by Crippen LogP contribution is -2.25. The highest BCUT2D eigenvalue weighted by atomic mass is 32.1. The number of carbonyl (C=O) groups is 1. The molecule has 0 aliphatic rings. The van der Waals surface area contributed by atoms with E-state index in [1.165, 1.54) is 0 Å². The van der Waals surface area contributed by atoms with Crippen molar-refractivity contribution in [2.24, 2.45) is 0 Å². The maximum absolute atomic E-state index is 12.6.